The quantitative estimate of drug-likeness (QED) is 0.863. The van der Waals surface area contributed by atoms with E-state index in [1.165, 1.54) is 5.56 Å². The number of carbonyl (C=O) groups is 1. The van der Waals surface area contributed by atoms with Crippen LogP contribution in [0.25, 0.3) is 0 Å². The van der Waals surface area contributed by atoms with Crippen molar-refractivity contribution >= 4 is 5.91 Å². The Labute approximate surface area is 172 Å². The van der Waals surface area contributed by atoms with E-state index >= 15 is 0 Å². The third-order valence-electron chi connectivity index (χ3n) is 6.75. The molecule has 152 valence electrons. The fourth-order valence-electron chi connectivity index (χ4n) is 5.50. The average Bonchev–Trinajstić information content (AvgIpc) is 3.09. The zero-order valence-corrected chi connectivity index (χ0v) is 16.8. The zero-order chi connectivity index (χ0) is 19.8. The van der Waals surface area contributed by atoms with Crippen molar-refractivity contribution < 1.29 is 9.90 Å². The summed E-state index contributed by atoms with van der Waals surface area (Å²) < 4.78 is 0. The van der Waals surface area contributed by atoms with Gasteiger partial charge in [0.1, 0.15) is 0 Å². The molecule has 3 heterocycles. The molecular weight excluding hydrogens is 362 g/mol. The van der Waals surface area contributed by atoms with E-state index in [-0.39, 0.29) is 23.6 Å². The third kappa shape index (κ3) is 3.70. The molecule has 5 nitrogen and oxygen atoms in total. The SMILES string of the molecule is O=C(Cc1ccccc1)N1C[C@@H]2C[C@@H](O)CN2C2(CN(Cc3ccccc3)C2)C1. The summed E-state index contributed by atoms with van der Waals surface area (Å²) in [5.74, 6) is 0.207. The number of hydrogen-bond acceptors (Lipinski definition) is 4. The maximum atomic E-state index is 13.1. The van der Waals surface area contributed by atoms with Crippen LogP contribution in [0.2, 0.25) is 0 Å². The Hall–Kier alpha value is -2.21. The molecule has 2 aromatic rings. The standard InChI is InChI=1S/C24H29N3O2/c28-22-12-21-14-26(23(29)11-19-7-3-1-4-8-19)18-24(27(21)15-22)16-25(17-24)13-20-9-5-2-6-10-20/h1-10,21-22,28H,11-18H2/t21-,22+/m0/s1. The van der Waals surface area contributed by atoms with Gasteiger partial charge < -0.3 is 10.0 Å². The predicted octanol–water partition coefficient (Wildman–Crippen LogP) is 1.76. The van der Waals surface area contributed by atoms with Crippen molar-refractivity contribution in [2.75, 3.05) is 32.7 Å². The summed E-state index contributed by atoms with van der Waals surface area (Å²) >= 11 is 0. The molecule has 5 heteroatoms. The van der Waals surface area contributed by atoms with Crippen molar-refractivity contribution in [3.8, 4) is 0 Å². The predicted molar refractivity (Wildman–Crippen MR) is 112 cm³/mol. The number of rotatable bonds is 4. The molecule has 3 aliphatic rings. The Morgan fingerprint density at radius 2 is 1.59 bits per heavy atom. The summed E-state index contributed by atoms with van der Waals surface area (Å²) in [6, 6.07) is 20.8. The minimum Gasteiger partial charge on any atom is -0.392 e. The highest BCUT2D eigenvalue weighted by molar-refractivity contribution is 5.79. The maximum Gasteiger partial charge on any atom is 0.227 e. The summed E-state index contributed by atoms with van der Waals surface area (Å²) in [6.45, 7) is 5.11. The topological polar surface area (TPSA) is 47.0 Å². The fraction of sp³-hybridized carbons (Fsp3) is 0.458. The van der Waals surface area contributed by atoms with Crippen molar-refractivity contribution in [3.05, 3.63) is 71.8 Å². The molecule has 2 aromatic carbocycles. The molecule has 1 spiro atoms. The van der Waals surface area contributed by atoms with Crippen LogP contribution >= 0.6 is 0 Å². The van der Waals surface area contributed by atoms with Gasteiger partial charge in [-0.2, -0.15) is 0 Å². The molecule has 5 rings (SSSR count). The van der Waals surface area contributed by atoms with Crippen LogP contribution in [0.3, 0.4) is 0 Å². The van der Waals surface area contributed by atoms with Gasteiger partial charge in [0.25, 0.3) is 0 Å². The van der Waals surface area contributed by atoms with E-state index < -0.39 is 0 Å². The van der Waals surface area contributed by atoms with Crippen molar-refractivity contribution in [3.63, 3.8) is 0 Å². The molecule has 0 bridgehead atoms. The van der Waals surface area contributed by atoms with Crippen molar-refractivity contribution in [1.82, 2.24) is 14.7 Å². The first-order valence-corrected chi connectivity index (χ1v) is 10.6. The maximum absolute atomic E-state index is 13.1. The minimum absolute atomic E-state index is 0.0124. The van der Waals surface area contributed by atoms with Crippen molar-refractivity contribution in [2.45, 2.75) is 37.1 Å². The second-order valence-corrected chi connectivity index (χ2v) is 8.99. The fourth-order valence-corrected chi connectivity index (χ4v) is 5.50. The van der Waals surface area contributed by atoms with Gasteiger partial charge in [-0.3, -0.25) is 14.6 Å². The van der Waals surface area contributed by atoms with Crippen LogP contribution in [-0.4, -0.2) is 76.1 Å². The van der Waals surface area contributed by atoms with Gasteiger partial charge in [-0.15, -0.1) is 0 Å². The first kappa shape index (κ1) is 18.8. The van der Waals surface area contributed by atoms with Gasteiger partial charge in [0.2, 0.25) is 5.91 Å². The largest absolute Gasteiger partial charge is 0.392 e. The molecule has 1 N–H and O–H groups in total. The minimum atomic E-state index is -0.274. The van der Waals surface area contributed by atoms with E-state index in [9.17, 15) is 9.90 Å². The number of aliphatic hydroxyl groups is 1. The first-order valence-electron chi connectivity index (χ1n) is 10.6. The highest BCUT2D eigenvalue weighted by Crippen LogP contribution is 2.39. The number of nitrogens with zero attached hydrogens (tertiary/aromatic N) is 3. The lowest BCUT2D eigenvalue weighted by Crippen LogP contribution is -2.78. The number of carbonyl (C=O) groups excluding carboxylic acids is 1. The second kappa shape index (κ2) is 7.56. The molecule has 1 amide bonds. The summed E-state index contributed by atoms with van der Waals surface area (Å²) in [5, 5.41) is 10.3. The number of amides is 1. The molecule has 2 atom stereocenters. The molecule has 3 aliphatic heterocycles. The van der Waals surface area contributed by atoms with Gasteiger partial charge in [-0.05, 0) is 17.5 Å². The van der Waals surface area contributed by atoms with E-state index in [4.69, 9.17) is 0 Å². The van der Waals surface area contributed by atoms with E-state index in [0.29, 0.717) is 6.42 Å². The van der Waals surface area contributed by atoms with E-state index in [0.717, 1.165) is 51.3 Å². The molecule has 0 saturated carbocycles. The van der Waals surface area contributed by atoms with Gasteiger partial charge in [0, 0.05) is 45.3 Å². The smallest absolute Gasteiger partial charge is 0.227 e. The lowest BCUT2D eigenvalue weighted by molar-refractivity contribution is -0.150. The van der Waals surface area contributed by atoms with Crippen LogP contribution in [0.1, 0.15) is 17.5 Å². The molecule has 0 radical (unpaired) electrons. The number of piperazine rings is 1. The van der Waals surface area contributed by atoms with Crippen LogP contribution in [-0.2, 0) is 17.8 Å². The molecule has 0 unspecified atom stereocenters. The normalized spacial score (nSPS) is 26.3. The molecule has 3 fully saturated rings. The highest BCUT2D eigenvalue weighted by atomic mass is 16.3. The molecule has 0 aromatic heterocycles. The Kier molecular flexibility index (Phi) is 4.90. The number of likely N-dealkylation sites (tertiary alicyclic amines) is 1. The Morgan fingerprint density at radius 3 is 2.28 bits per heavy atom. The van der Waals surface area contributed by atoms with Crippen molar-refractivity contribution in [2.24, 2.45) is 0 Å². The average molecular weight is 392 g/mol. The van der Waals surface area contributed by atoms with Crippen LogP contribution in [0.5, 0.6) is 0 Å². The number of hydrogen-bond donors (Lipinski definition) is 1. The second-order valence-electron chi connectivity index (χ2n) is 8.99. The van der Waals surface area contributed by atoms with E-state index in [1.54, 1.807) is 0 Å². The highest BCUT2D eigenvalue weighted by Gasteiger charge is 2.56. The lowest BCUT2D eigenvalue weighted by Gasteiger charge is -2.61. The Bertz CT molecular complexity index is 851. The van der Waals surface area contributed by atoms with Crippen LogP contribution in [0, 0.1) is 0 Å². The number of benzene rings is 2. The van der Waals surface area contributed by atoms with Gasteiger partial charge in [0.05, 0.1) is 18.1 Å². The van der Waals surface area contributed by atoms with Crippen LogP contribution < -0.4 is 0 Å². The number of aliphatic hydroxyl groups excluding tert-OH is 1. The summed E-state index contributed by atoms with van der Waals surface area (Å²) in [7, 11) is 0. The number of fused-ring (bicyclic) bond motifs is 2. The lowest BCUT2D eigenvalue weighted by atomic mass is 9.83. The Morgan fingerprint density at radius 1 is 0.931 bits per heavy atom. The monoisotopic (exact) mass is 391 g/mol. The van der Waals surface area contributed by atoms with Crippen LogP contribution in [0.15, 0.2) is 60.7 Å². The molecule has 29 heavy (non-hydrogen) atoms. The number of β-amino-alcohol motifs (C(OH)–C–C–N with tert-alkyl or cyclic N) is 1. The molecule has 0 aliphatic carbocycles. The van der Waals surface area contributed by atoms with Crippen LogP contribution in [0.4, 0.5) is 0 Å². The van der Waals surface area contributed by atoms with Crippen molar-refractivity contribution in [1.29, 1.82) is 0 Å². The van der Waals surface area contributed by atoms with Gasteiger partial charge in [-0.1, -0.05) is 60.7 Å². The van der Waals surface area contributed by atoms with Gasteiger partial charge in [0.15, 0.2) is 0 Å². The van der Waals surface area contributed by atoms with Gasteiger partial charge >= 0.3 is 0 Å². The van der Waals surface area contributed by atoms with E-state index in [2.05, 4.69) is 45.0 Å². The Balaban J connectivity index is 1.29. The zero-order valence-electron chi connectivity index (χ0n) is 16.8. The molecular formula is C24H29N3O2. The third-order valence-corrected chi connectivity index (χ3v) is 6.75. The first-order chi connectivity index (χ1) is 14.1. The summed E-state index contributed by atoms with van der Waals surface area (Å²) in [4.78, 5) is 20.1. The van der Waals surface area contributed by atoms with Gasteiger partial charge in [-0.25, -0.2) is 0 Å². The molecule has 3 saturated heterocycles. The summed E-state index contributed by atoms with van der Waals surface area (Å²) in [6.07, 6.45) is 0.958. The van der Waals surface area contributed by atoms with E-state index in [1.807, 2.05) is 30.3 Å². The summed E-state index contributed by atoms with van der Waals surface area (Å²) in [5.41, 5.74) is 2.38.